The van der Waals surface area contributed by atoms with E-state index in [0.717, 1.165) is 6.42 Å². The van der Waals surface area contributed by atoms with Crippen LogP contribution in [0.2, 0.25) is 0 Å². The molecule has 1 aromatic heterocycles. The maximum absolute atomic E-state index is 13.5. The molecule has 26 heavy (non-hydrogen) atoms. The van der Waals surface area contributed by atoms with Crippen LogP contribution in [0.15, 0.2) is 30.6 Å². The molecule has 1 aromatic carbocycles. The highest BCUT2D eigenvalue weighted by Crippen LogP contribution is 2.26. The Morgan fingerprint density at radius 1 is 1.38 bits per heavy atom. The number of ether oxygens (including phenoxy) is 1. The summed E-state index contributed by atoms with van der Waals surface area (Å²) in [5, 5.41) is 5.47. The number of hydrogen-bond donors (Lipinski definition) is 2. The Labute approximate surface area is 150 Å². The van der Waals surface area contributed by atoms with Crippen LogP contribution in [-0.2, 0) is 9.59 Å². The van der Waals surface area contributed by atoms with E-state index < -0.39 is 5.82 Å². The summed E-state index contributed by atoms with van der Waals surface area (Å²) in [6.07, 6.45) is 2.73. The summed E-state index contributed by atoms with van der Waals surface area (Å²) in [4.78, 5) is 31.8. The molecule has 0 radical (unpaired) electrons. The normalized spacial score (nSPS) is 16.7. The van der Waals surface area contributed by atoms with Gasteiger partial charge in [-0.3, -0.25) is 9.59 Å². The number of carbonyl (C=O) groups excluding carboxylic acids is 2. The number of benzene rings is 1. The molecule has 0 saturated carbocycles. The Morgan fingerprint density at radius 2 is 2.23 bits per heavy atom. The van der Waals surface area contributed by atoms with Gasteiger partial charge in [-0.05, 0) is 30.5 Å². The third kappa shape index (κ3) is 4.33. The summed E-state index contributed by atoms with van der Waals surface area (Å²) < 4.78 is 18.5. The predicted octanol–water partition coefficient (Wildman–Crippen LogP) is 2.15. The zero-order chi connectivity index (χ0) is 18.5. The summed E-state index contributed by atoms with van der Waals surface area (Å²) >= 11 is 0. The highest BCUT2D eigenvalue weighted by molar-refractivity contribution is 5.91. The fourth-order valence-corrected chi connectivity index (χ4v) is 2.89. The van der Waals surface area contributed by atoms with Gasteiger partial charge in [0.15, 0.2) is 11.6 Å². The second-order valence-corrected chi connectivity index (χ2v) is 6.10. The van der Waals surface area contributed by atoms with E-state index in [1.807, 2.05) is 0 Å². The van der Waals surface area contributed by atoms with Crippen molar-refractivity contribution in [3.63, 3.8) is 0 Å². The van der Waals surface area contributed by atoms with Crippen LogP contribution in [-0.4, -0.2) is 35.4 Å². The molecule has 0 spiro atoms. The molecule has 8 heteroatoms. The van der Waals surface area contributed by atoms with E-state index in [9.17, 15) is 14.0 Å². The Morgan fingerprint density at radius 3 is 3.00 bits per heavy atom. The maximum Gasteiger partial charge on any atom is 0.225 e. The zero-order valence-corrected chi connectivity index (χ0v) is 14.3. The number of methoxy groups -OCH3 is 1. The third-order valence-corrected chi connectivity index (χ3v) is 4.20. The SMILES string of the molecule is COc1cc(-c2cc(NC(=O)CC3CCNC(=O)C3)ncn2)ccc1F. The van der Waals surface area contributed by atoms with E-state index in [2.05, 4.69) is 20.6 Å². The first-order valence-corrected chi connectivity index (χ1v) is 8.27. The van der Waals surface area contributed by atoms with Crippen molar-refractivity contribution in [2.75, 3.05) is 19.0 Å². The van der Waals surface area contributed by atoms with E-state index in [1.54, 1.807) is 12.1 Å². The van der Waals surface area contributed by atoms with Gasteiger partial charge in [0, 0.05) is 31.0 Å². The minimum absolute atomic E-state index is 0.0244. The minimum Gasteiger partial charge on any atom is -0.494 e. The number of halogens is 1. The Bertz CT molecular complexity index is 828. The van der Waals surface area contributed by atoms with Crippen LogP contribution in [0, 0.1) is 11.7 Å². The lowest BCUT2D eigenvalue weighted by Crippen LogP contribution is -2.35. The molecule has 2 amide bonds. The molecule has 2 aromatic rings. The molecule has 1 atom stereocenters. The molecular weight excluding hydrogens is 339 g/mol. The fourth-order valence-electron chi connectivity index (χ4n) is 2.89. The van der Waals surface area contributed by atoms with Crippen LogP contribution in [0.1, 0.15) is 19.3 Å². The fraction of sp³-hybridized carbons (Fsp3) is 0.333. The summed E-state index contributed by atoms with van der Waals surface area (Å²) in [6.45, 7) is 0.598. The molecule has 1 aliphatic heterocycles. The van der Waals surface area contributed by atoms with Gasteiger partial charge in [-0.15, -0.1) is 0 Å². The van der Waals surface area contributed by atoms with Gasteiger partial charge in [-0.25, -0.2) is 14.4 Å². The molecule has 2 N–H and O–H groups in total. The highest BCUT2D eigenvalue weighted by Gasteiger charge is 2.21. The second kappa shape index (κ2) is 7.90. The van der Waals surface area contributed by atoms with Gasteiger partial charge in [-0.1, -0.05) is 0 Å². The van der Waals surface area contributed by atoms with Gasteiger partial charge >= 0.3 is 0 Å². The maximum atomic E-state index is 13.5. The Balaban J connectivity index is 1.69. The molecular formula is C18H19FN4O3. The van der Waals surface area contributed by atoms with Crippen molar-refractivity contribution >= 4 is 17.6 Å². The van der Waals surface area contributed by atoms with Gasteiger partial charge in [-0.2, -0.15) is 0 Å². The monoisotopic (exact) mass is 358 g/mol. The van der Waals surface area contributed by atoms with Crippen molar-refractivity contribution in [1.29, 1.82) is 0 Å². The van der Waals surface area contributed by atoms with Gasteiger partial charge in [0.1, 0.15) is 12.1 Å². The smallest absolute Gasteiger partial charge is 0.225 e. The molecule has 2 heterocycles. The molecule has 136 valence electrons. The van der Waals surface area contributed by atoms with Crippen LogP contribution in [0.5, 0.6) is 5.75 Å². The lowest BCUT2D eigenvalue weighted by molar-refractivity contribution is -0.124. The van der Waals surface area contributed by atoms with Crippen LogP contribution in [0.25, 0.3) is 11.3 Å². The van der Waals surface area contributed by atoms with Crippen molar-refractivity contribution in [2.45, 2.75) is 19.3 Å². The molecule has 7 nitrogen and oxygen atoms in total. The highest BCUT2D eigenvalue weighted by atomic mass is 19.1. The van der Waals surface area contributed by atoms with Crippen molar-refractivity contribution in [3.05, 3.63) is 36.4 Å². The number of rotatable bonds is 5. The van der Waals surface area contributed by atoms with E-state index in [-0.39, 0.29) is 29.9 Å². The second-order valence-electron chi connectivity index (χ2n) is 6.10. The van der Waals surface area contributed by atoms with E-state index in [0.29, 0.717) is 30.0 Å². The van der Waals surface area contributed by atoms with Gasteiger partial charge in [0.05, 0.1) is 12.8 Å². The topological polar surface area (TPSA) is 93.2 Å². The Hall–Kier alpha value is -3.03. The average molecular weight is 358 g/mol. The van der Waals surface area contributed by atoms with E-state index in [4.69, 9.17) is 4.74 Å². The molecule has 0 bridgehead atoms. The van der Waals surface area contributed by atoms with Crippen molar-refractivity contribution in [2.24, 2.45) is 5.92 Å². The molecule has 0 aliphatic carbocycles. The van der Waals surface area contributed by atoms with Crippen LogP contribution in [0.4, 0.5) is 10.2 Å². The largest absolute Gasteiger partial charge is 0.494 e. The lowest BCUT2D eigenvalue weighted by Gasteiger charge is -2.21. The predicted molar refractivity (Wildman–Crippen MR) is 93.0 cm³/mol. The number of nitrogens with zero attached hydrogens (tertiary/aromatic N) is 2. The number of aromatic nitrogens is 2. The van der Waals surface area contributed by atoms with E-state index >= 15 is 0 Å². The van der Waals surface area contributed by atoms with E-state index in [1.165, 1.54) is 25.6 Å². The molecule has 1 fully saturated rings. The summed E-state index contributed by atoms with van der Waals surface area (Å²) in [6, 6.07) is 6.01. The van der Waals surface area contributed by atoms with Gasteiger partial charge in [0.25, 0.3) is 0 Å². The number of carbonyl (C=O) groups is 2. The summed E-state index contributed by atoms with van der Waals surface area (Å²) in [5.41, 5.74) is 1.18. The third-order valence-electron chi connectivity index (χ3n) is 4.20. The zero-order valence-electron chi connectivity index (χ0n) is 14.3. The summed E-state index contributed by atoms with van der Waals surface area (Å²) in [7, 11) is 1.39. The summed E-state index contributed by atoms with van der Waals surface area (Å²) in [5.74, 6) is -0.192. The van der Waals surface area contributed by atoms with Crippen LogP contribution < -0.4 is 15.4 Å². The average Bonchev–Trinajstić information content (AvgIpc) is 2.62. The molecule has 1 aliphatic rings. The number of piperidine rings is 1. The quantitative estimate of drug-likeness (QED) is 0.854. The lowest BCUT2D eigenvalue weighted by atomic mass is 9.94. The first-order valence-electron chi connectivity index (χ1n) is 8.27. The van der Waals surface area contributed by atoms with Crippen molar-refractivity contribution in [3.8, 4) is 17.0 Å². The van der Waals surface area contributed by atoms with Crippen LogP contribution >= 0.6 is 0 Å². The number of amides is 2. The van der Waals surface area contributed by atoms with Crippen LogP contribution in [0.3, 0.4) is 0 Å². The standard InChI is InChI=1S/C18H19FN4O3/c1-26-15-8-12(2-3-13(15)19)14-9-16(22-10-21-14)23-18(25)7-11-4-5-20-17(24)6-11/h2-3,8-11H,4-7H2,1H3,(H,20,24)(H,21,22,23,25). The number of hydrogen-bond acceptors (Lipinski definition) is 5. The molecule has 1 saturated heterocycles. The molecule has 1 unspecified atom stereocenters. The van der Waals surface area contributed by atoms with Crippen molar-refractivity contribution in [1.82, 2.24) is 15.3 Å². The first kappa shape index (κ1) is 17.8. The number of nitrogens with one attached hydrogen (secondary N) is 2. The minimum atomic E-state index is -0.463. The van der Waals surface area contributed by atoms with Gasteiger partial charge in [0.2, 0.25) is 11.8 Å². The van der Waals surface area contributed by atoms with Gasteiger partial charge < -0.3 is 15.4 Å². The van der Waals surface area contributed by atoms with Crippen molar-refractivity contribution < 1.29 is 18.7 Å². The first-order chi connectivity index (χ1) is 12.5. The molecule has 3 rings (SSSR count). The Kier molecular flexibility index (Phi) is 5.40. The number of anilines is 1.